The van der Waals surface area contributed by atoms with Gasteiger partial charge in [0.1, 0.15) is 11.5 Å². The zero-order valence-electron chi connectivity index (χ0n) is 10.7. The van der Waals surface area contributed by atoms with Crippen molar-refractivity contribution in [2.24, 2.45) is 0 Å². The molecule has 7 heteroatoms. The summed E-state index contributed by atoms with van der Waals surface area (Å²) in [5.41, 5.74) is -0.977. The molecule has 0 aromatic heterocycles. The zero-order valence-corrected chi connectivity index (χ0v) is 10.7. The van der Waals surface area contributed by atoms with Gasteiger partial charge in [-0.3, -0.25) is 0 Å². The number of hydrogen-bond acceptors (Lipinski definition) is 2. The highest BCUT2D eigenvalue weighted by atomic mass is 19.4. The molecule has 0 saturated carbocycles. The van der Waals surface area contributed by atoms with Crippen LogP contribution in [0.25, 0.3) is 0 Å². The van der Waals surface area contributed by atoms with Crippen LogP contribution in [0.1, 0.15) is 5.56 Å². The van der Waals surface area contributed by atoms with Gasteiger partial charge in [-0.2, -0.15) is 13.2 Å². The molecule has 0 radical (unpaired) electrons. The van der Waals surface area contributed by atoms with Gasteiger partial charge in [-0.15, -0.1) is 0 Å². The van der Waals surface area contributed by atoms with Crippen molar-refractivity contribution in [2.75, 3.05) is 7.11 Å². The van der Waals surface area contributed by atoms with E-state index in [-0.39, 0.29) is 11.5 Å². The molecule has 0 aliphatic heterocycles. The van der Waals surface area contributed by atoms with Crippen LogP contribution in [0.15, 0.2) is 36.4 Å². The lowest BCUT2D eigenvalue weighted by molar-refractivity contribution is -0.137. The first kappa shape index (κ1) is 15.1. The van der Waals surface area contributed by atoms with E-state index in [9.17, 15) is 22.0 Å². The minimum atomic E-state index is -4.57. The number of ether oxygens (including phenoxy) is 2. The summed E-state index contributed by atoms with van der Waals surface area (Å²) in [5, 5.41) is 0. The lowest BCUT2D eigenvalue weighted by Gasteiger charge is -2.11. The lowest BCUT2D eigenvalue weighted by atomic mass is 10.2. The Morgan fingerprint density at radius 1 is 0.905 bits per heavy atom. The number of alkyl halides is 3. The van der Waals surface area contributed by atoms with E-state index in [1.54, 1.807) is 0 Å². The van der Waals surface area contributed by atoms with E-state index >= 15 is 0 Å². The van der Waals surface area contributed by atoms with Gasteiger partial charge in [-0.05, 0) is 18.2 Å². The molecule has 21 heavy (non-hydrogen) atoms. The van der Waals surface area contributed by atoms with Crippen LogP contribution in [0.4, 0.5) is 22.0 Å². The van der Waals surface area contributed by atoms with E-state index in [2.05, 4.69) is 4.74 Å². The first-order valence-electron chi connectivity index (χ1n) is 5.69. The maximum Gasteiger partial charge on any atom is 0.416 e. The average molecular weight is 304 g/mol. The number of halogens is 5. The molecule has 0 aliphatic carbocycles. The molecule has 2 aromatic rings. The first-order valence-corrected chi connectivity index (χ1v) is 5.69. The van der Waals surface area contributed by atoms with Crippen molar-refractivity contribution in [3.63, 3.8) is 0 Å². The van der Waals surface area contributed by atoms with E-state index in [1.807, 2.05) is 0 Å². The van der Waals surface area contributed by atoms with Crippen LogP contribution in [0.5, 0.6) is 17.2 Å². The Hall–Kier alpha value is -2.31. The third kappa shape index (κ3) is 3.42. The molecule has 112 valence electrons. The van der Waals surface area contributed by atoms with Crippen molar-refractivity contribution in [1.82, 2.24) is 0 Å². The Labute approximate surface area is 116 Å². The molecule has 2 nitrogen and oxygen atoms in total. The second-order valence-electron chi connectivity index (χ2n) is 4.05. The second kappa shape index (κ2) is 5.59. The summed E-state index contributed by atoms with van der Waals surface area (Å²) in [6, 6.07) is 5.46. The van der Waals surface area contributed by atoms with E-state index in [4.69, 9.17) is 4.74 Å². The molecule has 2 rings (SSSR count). The van der Waals surface area contributed by atoms with Gasteiger partial charge in [0.15, 0.2) is 17.4 Å². The van der Waals surface area contributed by atoms with Crippen molar-refractivity contribution in [1.29, 1.82) is 0 Å². The van der Waals surface area contributed by atoms with Crippen LogP contribution in [-0.2, 0) is 6.18 Å². The number of benzene rings is 2. The third-order valence-corrected chi connectivity index (χ3v) is 2.59. The molecule has 2 aromatic carbocycles. The fraction of sp³-hybridized carbons (Fsp3) is 0.143. The highest BCUT2D eigenvalue weighted by Crippen LogP contribution is 2.35. The SMILES string of the molecule is COc1cc(F)c(Oc2cccc(C(F)(F)F)c2)c(F)c1. The monoisotopic (exact) mass is 304 g/mol. The third-order valence-electron chi connectivity index (χ3n) is 2.59. The summed E-state index contributed by atoms with van der Waals surface area (Å²) in [7, 11) is 1.22. The summed E-state index contributed by atoms with van der Waals surface area (Å²) >= 11 is 0. The molecule has 0 atom stereocenters. The first-order chi connectivity index (χ1) is 9.81. The minimum Gasteiger partial charge on any atom is -0.497 e. The Kier molecular flexibility index (Phi) is 4.02. The van der Waals surface area contributed by atoms with Crippen LogP contribution < -0.4 is 9.47 Å². The number of hydrogen-bond donors (Lipinski definition) is 0. The van der Waals surface area contributed by atoms with Crippen molar-refractivity contribution in [3.8, 4) is 17.2 Å². The Morgan fingerprint density at radius 2 is 1.52 bits per heavy atom. The van der Waals surface area contributed by atoms with Crippen LogP contribution in [0.2, 0.25) is 0 Å². The van der Waals surface area contributed by atoms with Crippen molar-refractivity contribution in [2.45, 2.75) is 6.18 Å². The van der Waals surface area contributed by atoms with E-state index in [0.717, 1.165) is 24.3 Å². The standard InChI is InChI=1S/C14H9F5O2/c1-20-10-6-11(15)13(12(16)7-10)21-9-4-2-3-8(5-9)14(17,18)19/h2-7H,1H3. The fourth-order valence-corrected chi connectivity index (χ4v) is 1.61. The predicted octanol–water partition coefficient (Wildman–Crippen LogP) is 4.78. The van der Waals surface area contributed by atoms with Crippen LogP contribution >= 0.6 is 0 Å². The van der Waals surface area contributed by atoms with Gasteiger partial charge in [0.2, 0.25) is 0 Å². The molecule has 0 spiro atoms. The van der Waals surface area contributed by atoms with Gasteiger partial charge >= 0.3 is 6.18 Å². The molecule has 0 N–H and O–H groups in total. The molecule has 0 saturated heterocycles. The average Bonchev–Trinajstić information content (AvgIpc) is 2.42. The summed E-state index contributed by atoms with van der Waals surface area (Å²) in [6.45, 7) is 0. The topological polar surface area (TPSA) is 18.5 Å². The molecular weight excluding hydrogens is 295 g/mol. The van der Waals surface area contributed by atoms with Crippen molar-refractivity contribution >= 4 is 0 Å². The minimum absolute atomic E-state index is 0.0682. The Balaban J connectivity index is 2.35. The summed E-state index contributed by atoms with van der Waals surface area (Å²) in [6.07, 6.45) is -4.57. The highest BCUT2D eigenvalue weighted by molar-refractivity contribution is 5.39. The van der Waals surface area contributed by atoms with Gasteiger partial charge in [0, 0.05) is 12.1 Å². The van der Waals surface area contributed by atoms with Crippen LogP contribution in [0.3, 0.4) is 0 Å². The van der Waals surface area contributed by atoms with E-state index in [0.29, 0.717) is 6.07 Å². The Morgan fingerprint density at radius 3 is 2.05 bits per heavy atom. The van der Waals surface area contributed by atoms with Gasteiger partial charge in [-0.25, -0.2) is 8.78 Å². The largest absolute Gasteiger partial charge is 0.497 e. The number of rotatable bonds is 3. The summed E-state index contributed by atoms with van der Waals surface area (Å²) in [4.78, 5) is 0. The fourth-order valence-electron chi connectivity index (χ4n) is 1.61. The lowest BCUT2D eigenvalue weighted by Crippen LogP contribution is -2.04. The van der Waals surface area contributed by atoms with Crippen molar-refractivity contribution in [3.05, 3.63) is 53.6 Å². The zero-order chi connectivity index (χ0) is 15.6. The predicted molar refractivity (Wildman–Crippen MR) is 64.4 cm³/mol. The maximum atomic E-state index is 13.7. The van der Waals surface area contributed by atoms with Crippen LogP contribution in [-0.4, -0.2) is 7.11 Å². The quantitative estimate of drug-likeness (QED) is 0.759. The second-order valence-corrected chi connectivity index (χ2v) is 4.05. The molecule has 0 amide bonds. The van der Waals surface area contributed by atoms with Gasteiger partial charge in [0.05, 0.1) is 12.7 Å². The van der Waals surface area contributed by atoms with Gasteiger partial charge < -0.3 is 9.47 Å². The molecule has 0 bridgehead atoms. The molecule has 0 fully saturated rings. The van der Waals surface area contributed by atoms with Crippen LogP contribution in [0, 0.1) is 11.6 Å². The molecular formula is C14H9F5O2. The smallest absolute Gasteiger partial charge is 0.416 e. The van der Waals surface area contributed by atoms with E-state index in [1.165, 1.54) is 13.2 Å². The summed E-state index contributed by atoms with van der Waals surface area (Å²) < 4.78 is 74.5. The van der Waals surface area contributed by atoms with E-state index < -0.39 is 29.1 Å². The van der Waals surface area contributed by atoms with Crippen molar-refractivity contribution < 1.29 is 31.4 Å². The molecule has 0 unspecified atom stereocenters. The number of methoxy groups -OCH3 is 1. The summed E-state index contributed by atoms with van der Waals surface area (Å²) in [5.74, 6) is -3.35. The molecule has 0 aliphatic rings. The Bertz CT molecular complexity index is 629. The molecule has 0 heterocycles. The maximum absolute atomic E-state index is 13.7. The van der Waals surface area contributed by atoms with Gasteiger partial charge in [0.25, 0.3) is 0 Å². The highest BCUT2D eigenvalue weighted by Gasteiger charge is 2.30. The van der Waals surface area contributed by atoms with Gasteiger partial charge in [-0.1, -0.05) is 6.07 Å². The normalized spacial score (nSPS) is 11.3.